The van der Waals surface area contributed by atoms with Crippen LogP contribution in [0.2, 0.25) is 0 Å². The third-order valence-electron chi connectivity index (χ3n) is 5.02. The second kappa shape index (κ2) is 8.17. The first-order valence-corrected chi connectivity index (χ1v) is 11.4. The Labute approximate surface area is 178 Å². The second-order valence-electron chi connectivity index (χ2n) is 6.65. The number of carbonyl (C=O) groups is 1. The summed E-state index contributed by atoms with van der Waals surface area (Å²) >= 11 is 0.982. The fourth-order valence-corrected chi connectivity index (χ4v) is 5.59. The maximum atomic E-state index is 13.1. The van der Waals surface area contributed by atoms with Gasteiger partial charge in [0.1, 0.15) is 15.9 Å². The number of fused-ring (bicyclic) bond motifs is 1. The van der Waals surface area contributed by atoms with E-state index in [4.69, 9.17) is 9.47 Å². The van der Waals surface area contributed by atoms with Gasteiger partial charge in [-0.05, 0) is 30.3 Å². The Kier molecular flexibility index (Phi) is 5.58. The lowest BCUT2D eigenvalue weighted by molar-refractivity contribution is 0.0697. The monoisotopic (exact) mass is 448 g/mol. The van der Waals surface area contributed by atoms with Gasteiger partial charge in [-0.3, -0.25) is 4.79 Å². The van der Waals surface area contributed by atoms with E-state index in [1.165, 1.54) is 18.5 Å². The number of ether oxygens (including phenoxy) is 2. The minimum absolute atomic E-state index is 0.147. The first-order chi connectivity index (χ1) is 14.5. The number of piperazine rings is 1. The average molecular weight is 449 g/mol. The van der Waals surface area contributed by atoms with E-state index in [1.807, 2.05) is 0 Å². The molecule has 1 saturated heterocycles. The summed E-state index contributed by atoms with van der Waals surface area (Å²) in [6, 6.07) is 9.91. The molecule has 3 aromatic rings. The fraction of sp³-hybridized carbons (Fsp3) is 0.316. The number of nitrogens with zero attached hydrogens (tertiary/aromatic N) is 4. The molecule has 0 bridgehead atoms. The molecule has 0 aliphatic carbocycles. The largest absolute Gasteiger partial charge is 0.493 e. The predicted octanol–water partition coefficient (Wildman–Crippen LogP) is 1.86. The molecule has 0 unspecified atom stereocenters. The molecule has 0 N–H and O–H groups in total. The standard InChI is InChI=1S/C19H20N4O5S2/c1-27-15-7-6-13(12-16(15)28-2)19(24)22-8-10-23(11-9-22)30(25,26)17-5-3-4-14-18(17)21-29-20-14/h3-7,12H,8-11H2,1-2H3. The quantitative estimate of drug-likeness (QED) is 0.587. The van der Waals surface area contributed by atoms with Gasteiger partial charge in [-0.15, -0.1) is 0 Å². The number of carbonyl (C=O) groups excluding carboxylic acids is 1. The van der Waals surface area contributed by atoms with Crippen molar-refractivity contribution in [2.45, 2.75) is 4.90 Å². The van der Waals surface area contributed by atoms with Gasteiger partial charge in [0.25, 0.3) is 5.91 Å². The lowest BCUT2D eigenvalue weighted by Crippen LogP contribution is -2.50. The van der Waals surface area contributed by atoms with Crippen molar-refractivity contribution in [3.05, 3.63) is 42.0 Å². The normalized spacial score (nSPS) is 15.3. The zero-order valence-corrected chi connectivity index (χ0v) is 18.1. The highest BCUT2D eigenvalue weighted by molar-refractivity contribution is 7.89. The van der Waals surface area contributed by atoms with E-state index in [0.717, 1.165) is 11.7 Å². The molecule has 1 aliphatic rings. The summed E-state index contributed by atoms with van der Waals surface area (Å²) in [6.07, 6.45) is 0. The van der Waals surface area contributed by atoms with Crippen LogP contribution in [0, 0.1) is 0 Å². The van der Waals surface area contributed by atoms with E-state index in [2.05, 4.69) is 8.75 Å². The van der Waals surface area contributed by atoms with Crippen LogP contribution in [0.4, 0.5) is 0 Å². The number of benzene rings is 2. The van der Waals surface area contributed by atoms with Gasteiger partial charge in [-0.2, -0.15) is 13.1 Å². The highest BCUT2D eigenvalue weighted by Gasteiger charge is 2.32. The first kappa shape index (κ1) is 20.5. The summed E-state index contributed by atoms with van der Waals surface area (Å²) in [7, 11) is -0.692. The van der Waals surface area contributed by atoms with Crippen LogP contribution in [0.25, 0.3) is 11.0 Å². The Bertz CT molecular complexity index is 1190. The molecule has 0 radical (unpaired) electrons. The molecule has 30 heavy (non-hydrogen) atoms. The number of sulfonamides is 1. The molecule has 2 aromatic carbocycles. The molecule has 1 aliphatic heterocycles. The zero-order valence-electron chi connectivity index (χ0n) is 16.4. The number of hydrogen-bond donors (Lipinski definition) is 0. The van der Waals surface area contributed by atoms with Crippen molar-refractivity contribution in [2.24, 2.45) is 0 Å². The van der Waals surface area contributed by atoms with Gasteiger partial charge in [0, 0.05) is 31.7 Å². The number of amides is 1. The van der Waals surface area contributed by atoms with Gasteiger partial charge in [-0.25, -0.2) is 8.42 Å². The van der Waals surface area contributed by atoms with Crippen molar-refractivity contribution < 1.29 is 22.7 Å². The minimum Gasteiger partial charge on any atom is -0.493 e. The smallest absolute Gasteiger partial charge is 0.254 e. The number of rotatable bonds is 5. The van der Waals surface area contributed by atoms with Crippen molar-refractivity contribution in [2.75, 3.05) is 40.4 Å². The molecular weight excluding hydrogens is 428 g/mol. The van der Waals surface area contributed by atoms with Crippen LogP contribution >= 0.6 is 11.7 Å². The van der Waals surface area contributed by atoms with Crippen LogP contribution in [0.1, 0.15) is 10.4 Å². The van der Waals surface area contributed by atoms with Gasteiger partial charge in [0.05, 0.1) is 25.9 Å². The molecular formula is C19H20N4O5S2. The summed E-state index contributed by atoms with van der Waals surface area (Å²) in [5, 5.41) is 0. The summed E-state index contributed by atoms with van der Waals surface area (Å²) < 4.78 is 46.3. The minimum atomic E-state index is -3.73. The Morgan fingerprint density at radius 2 is 1.73 bits per heavy atom. The van der Waals surface area contributed by atoms with Crippen LogP contribution in [0.5, 0.6) is 11.5 Å². The van der Waals surface area contributed by atoms with E-state index >= 15 is 0 Å². The molecule has 2 heterocycles. The SMILES string of the molecule is COc1ccc(C(=O)N2CCN(S(=O)(=O)c3cccc4nsnc34)CC2)cc1OC. The van der Waals surface area contributed by atoms with Crippen LogP contribution in [-0.4, -0.2) is 72.7 Å². The molecule has 0 saturated carbocycles. The average Bonchev–Trinajstić information content (AvgIpc) is 3.27. The van der Waals surface area contributed by atoms with Crippen molar-refractivity contribution in [3.63, 3.8) is 0 Å². The van der Waals surface area contributed by atoms with E-state index < -0.39 is 10.0 Å². The molecule has 158 valence electrons. The Balaban J connectivity index is 1.50. The molecule has 1 fully saturated rings. The van der Waals surface area contributed by atoms with Crippen LogP contribution in [0.3, 0.4) is 0 Å². The van der Waals surface area contributed by atoms with Gasteiger partial charge < -0.3 is 14.4 Å². The second-order valence-corrected chi connectivity index (χ2v) is 9.09. The van der Waals surface area contributed by atoms with E-state index in [1.54, 1.807) is 41.3 Å². The molecule has 0 spiro atoms. The summed E-state index contributed by atoms with van der Waals surface area (Å²) in [5.74, 6) is 0.823. The molecule has 1 amide bonds. The van der Waals surface area contributed by atoms with Gasteiger partial charge in [-0.1, -0.05) is 6.07 Å². The summed E-state index contributed by atoms with van der Waals surface area (Å²) in [6.45, 7) is 0.986. The maximum Gasteiger partial charge on any atom is 0.254 e. The third-order valence-corrected chi connectivity index (χ3v) is 7.50. The van der Waals surface area contributed by atoms with E-state index in [9.17, 15) is 13.2 Å². The molecule has 4 rings (SSSR count). The number of methoxy groups -OCH3 is 2. The highest BCUT2D eigenvalue weighted by atomic mass is 32.2. The topological polar surface area (TPSA) is 102 Å². The number of aromatic nitrogens is 2. The van der Waals surface area contributed by atoms with Crippen LogP contribution < -0.4 is 9.47 Å². The van der Waals surface area contributed by atoms with E-state index in [-0.39, 0.29) is 37.0 Å². The predicted molar refractivity (Wildman–Crippen MR) is 112 cm³/mol. The molecule has 1 aromatic heterocycles. The van der Waals surface area contributed by atoms with Crippen molar-refractivity contribution in [3.8, 4) is 11.5 Å². The lowest BCUT2D eigenvalue weighted by Gasteiger charge is -2.34. The highest BCUT2D eigenvalue weighted by Crippen LogP contribution is 2.29. The molecule has 9 nitrogen and oxygen atoms in total. The molecule has 11 heteroatoms. The van der Waals surface area contributed by atoms with Gasteiger partial charge in [0.2, 0.25) is 10.0 Å². The Hall–Kier alpha value is -2.76. The summed E-state index contributed by atoms with van der Waals surface area (Å²) in [5.41, 5.74) is 1.40. The zero-order chi connectivity index (χ0) is 21.3. The number of hydrogen-bond acceptors (Lipinski definition) is 8. The fourth-order valence-electron chi connectivity index (χ4n) is 3.41. The maximum absolute atomic E-state index is 13.1. The van der Waals surface area contributed by atoms with Crippen LogP contribution in [-0.2, 0) is 10.0 Å². The van der Waals surface area contributed by atoms with Gasteiger partial charge >= 0.3 is 0 Å². The van der Waals surface area contributed by atoms with Gasteiger partial charge in [0.15, 0.2) is 11.5 Å². The summed E-state index contributed by atoms with van der Waals surface area (Å²) in [4.78, 5) is 14.7. The Morgan fingerprint density at radius 1 is 1.00 bits per heavy atom. The van der Waals surface area contributed by atoms with Crippen molar-refractivity contribution >= 4 is 38.7 Å². The van der Waals surface area contributed by atoms with Crippen LogP contribution in [0.15, 0.2) is 41.3 Å². The Morgan fingerprint density at radius 3 is 2.43 bits per heavy atom. The third kappa shape index (κ3) is 3.59. The van der Waals surface area contributed by atoms with Crippen molar-refractivity contribution in [1.82, 2.24) is 18.0 Å². The van der Waals surface area contributed by atoms with Crippen molar-refractivity contribution in [1.29, 1.82) is 0 Å². The molecule has 0 atom stereocenters. The first-order valence-electron chi connectivity index (χ1n) is 9.18. The lowest BCUT2D eigenvalue weighted by atomic mass is 10.1. The van der Waals surface area contributed by atoms with E-state index in [0.29, 0.717) is 28.1 Å².